The normalized spacial score (nSPS) is 11.4. The molecule has 1 N–H and O–H groups in total. The molecule has 0 bridgehead atoms. The molecule has 0 fully saturated rings. The summed E-state index contributed by atoms with van der Waals surface area (Å²) in [7, 11) is -4.70. The van der Waals surface area contributed by atoms with Crippen LogP contribution in [0.25, 0.3) is 11.1 Å². The molecule has 11 nitrogen and oxygen atoms in total. The van der Waals surface area contributed by atoms with E-state index >= 15 is 0 Å². The van der Waals surface area contributed by atoms with Crippen LogP contribution in [0.5, 0.6) is 17.4 Å². The molecule has 0 spiro atoms. The highest BCUT2D eigenvalue weighted by Crippen LogP contribution is 2.35. The lowest BCUT2D eigenvalue weighted by atomic mass is 10.0. The van der Waals surface area contributed by atoms with Crippen molar-refractivity contribution in [3.63, 3.8) is 0 Å². The fourth-order valence-corrected chi connectivity index (χ4v) is 4.44. The highest BCUT2D eigenvalue weighted by Gasteiger charge is 2.49. The van der Waals surface area contributed by atoms with E-state index in [-0.39, 0.29) is 25.5 Å². The Bertz CT molecular complexity index is 1790. The smallest absolute Gasteiger partial charge is 0.497 e. The maximum atomic E-state index is 13.4. The van der Waals surface area contributed by atoms with Crippen molar-refractivity contribution in [3.8, 4) is 28.5 Å². The van der Waals surface area contributed by atoms with Crippen LogP contribution in [0.4, 0.5) is 13.2 Å². The van der Waals surface area contributed by atoms with Gasteiger partial charge < -0.3 is 23.7 Å². The Morgan fingerprint density at radius 2 is 1.61 bits per heavy atom. The lowest BCUT2D eigenvalue weighted by molar-refractivity contribution is -0.141. The number of benzene rings is 3. The zero-order valence-corrected chi connectivity index (χ0v) is 25.4. The molecule has 4 aromatic rings. The number of esters is 1. The number of hydrogen-bond acceptors (Lipinski definition) is 10. The number of nitrogens with one attached hydrogen (secondary N) is 1. The van der Waals surface area contributed by atoms with Crippen LogP contribution in [0.2, 0.25) is 0 Å². The first-order valence-corrected chi connectivity index (χ1v) is 15.1. The van der Waals surface area contributed by atoms with Gasteiger partial charge in [0.25, 0.3) is 11.8 Å². The van der Waals surface area contributed by atoms with Crippen molar-refractivity contribution in [3.05, 3.63) is 102 Å². The van der Waals surface area contributed by atoms with Crippen molar-refractivity contribution in [2.45, 2.75) is 25.5 Å². The molecule has 1 amide bonds. The highest BCUT2D eigenvalue weighted by atomic mass is 32.2. The molecule has 15 heteroatoms. The summed E-state index contributed by atoms with van der Waals surface area (Å²) < 4.78 is 84.3. The quantitative estimate of drug-likeness (QED) is 0.120. The zero-order chi connectivity index (χ0) is 33.3. The molecule has 0 aliphatic rings. The van der Waals surface area contributed by atoms with Crippen LogP contribution in [-0.4, -0.2) is 56.0 Å². The van der Waals surface area contributed by atoms with E-state index in [2.05, 4.69) is 19.5 Å². The summed E-state index contributed by atoms with van der Waals surface area (Å²) >= 11 is 0. The predicted octanol–water partition coefficient (Wildman–Crippen LogP) is 4.84. The second-order valence-electron chi connectivity index (χ2n) is 9.47. The standard InChI is InChI=1S/C31H28F3N3O8S/c1-3-43-26(38)18-35-29(39)27-28(44-19-21-8-5-4-6-9-21)30(45-46(40,41)31(32,33)34)37-25(36-27)16-20-12-14-22(15-13-20)23-10-7-11-24(17-23)42-2/h4-15,17H,3,16,18-19H2,1-2H3,(H,35,39). The molecule has 0 radical (unpaired) electrons. The fraction of sp³-hybridized carbons (Fsp3) is 0.226. The van der Waals surface area contributed by atoms with E-state index < -0.39 is 51.4 Å². The van der Waals surface area contributed by atoms with Gasteiger partial charge in [0.1, 0.15) is 24.7 Å². The summed E-state index contributed by atoms with van der Waals surface area (Å²) in [5, 5.41) is 2.25. The average molecular weight is 660 g/mol. The fourth-order valence-electron chi connectivity index (χ4n) is 4.02. The Morgan fingerprint density at radius 3 is 2.26 bits per heavy atom. The number of halogens is 3. The first kappa shape index (κ1) is 33.7. The van der Waals surface area contributed by atoms with Crippen LogP contribution in [0.1, 0.15) is 34.4 Å². The molecular weight excluding hydrogens is 631 g/mol. The molecule has 0 saturated carbocycles. The average Bonchev–Trinajstić information content (AvgIpc) is 3.03. The molecule has 4 rings (SSSR count). The number of alkyl halides is 3. The van der Waals surface area contributed by atoms with E-state index in [0.717, 1.165) is 11.1 Å². The molecule has 242 valence electrons. The highest BCUT2D eigenvalue weighted by molar-refractivity contribution is 7.88. The summed E-state index contributed by atoms with van der Waals surface area (Å²) in [5.41, 5.74) is -3.72. The van der Waals surface area contributed by atoms with Gasteiger partial charge in [-0.25, -0.2) is 4.98 Å². The number of hydrogen-bond donors (Lipinski definition) is 1. The topological polar surface area (TPSA) is 143 Å². The molecule has 0 saturated heterocycles. The van der Waals surface area contributed by atoms with Crippen LogP contribution in [0, 0.1) is 0 Å². The number of ether oxygens (including phenoxy) is 3. The number of methoxy groups -OCH3 is 1. The van der Waals surface area contributed by atoms with E-state index in [1.165, 1.54) is 0 Å². The Kier molecular flexibility index (Phi) is 10.8. The van der Waals surface area contributed by atoms with Crippen LogP contribution in [-0.2, 0) is 32.7 Å². The van der Waals surface area contributed by atoms with Gasteiger partial charge in [0, 0.05) is 6.42 Å². The van der Waals surface area contributed by atoms with Crippen LogP contribution < -0.4 is 19.0 Å². The van der Waals surface area contributed by atoms with Gasteiger partial charge in [0.05, 0.1) is 13.7 Å². The minimum atomic E-state index is -6.25. The second kappa shape index (κ2) is 14.7. The van der Waals surface area contributed by atoms with Crippen molar-refractivity contribution in [2.75, 3.05) is 20.3 Å². The van der Waals surface area contributed by atoms with E-state index in [0.29, 0.717) is 16.9 Å². The number of carbonyl (C=O) groups excluding carboxylic acids is 2. The maximum absolute atomic E-state index is 13.4. The minimum absolute atomic E-state index is 0.0295. The van der Waals surface area contributed by atoms with Gasteiger partial charge in [0.2, 0.25) is 5.75 Å². The monoisotopic (exact) mass is 659 g/mol. The maximum Gasteiger partial charge on any atom is 0.534 e. The number of nitrogens with zero attached hydrogens (tertiary/aromatic N) is 2. The van der Waals surface area contributed by atoms with Crippen molar-refractivity contribution in [1.29, 1.82) is 0 Å². The third-order valence-corrected chi connectivity index (χ3v) is 7.16. The lowest BCUT2D eigenvalue weighted by Crippen LogP contribution is -2.32. The Hall–Kier alpha value is -5.18. The summed E-state index contributed by atoms with van der Waals surface area (Å²) in [5.74, 6) is -3.44. The van der Waals surface area contributed by atoms with Gasteiger partial charge in [-0.3, -0.25) is 9.59 Å². The van der Waals surface area contributed by atoms with E-state index in [4.69, 9.17) is 14.2 Å². The van der Waals surface area contributed by atoms with Crippen molar-refractivity contribution in [1.82, 2.24) is 15.3 Å². The lowest BCUT2D eigenvalue weighted by Gasteiger charge is -2.17. The first-order chi connectivity index (χ1) is 21.9. The minimum Gasteiger partial charge on any atom is -0.497 e. The number of carbonyl (C=O) groups is 2. The summed E-state index contributed by atoms with van der Waals surface area (Å²) in [4.78, 5) is 33.2. The largest absolute Gasteiger partial charge is 0.534 e. The molecule has 0 aliphatic carbocycles. The van der Waals surface area contributed by atoms with Crippen LogP contribution in [0.15, 0.2) is 78.9 Å². The van der Waals surface area contributed by atoms with E-state index in [1.54, 1.807) is 74.7 Å². The van der Waals surface area contributed by atoms with Gasteiger partial charge in [-0.05, 0) is 41.3 Å². The van der Waals surface area contributed by atoms with Gasteiger partial charge in [-0.2, -0.15) is 26.6 Å². The van der Waals surface area contributed by atoms with Gasteiger partial charge in [0.15, 0.2) is 5.69 Å². The number of rotatable bonds is 13. The summed E-state index contributed by atoms with van der Waals surface area (Å²) in [6, 6.07) is 22.6. The molecule has 46 heavy (non-hydrogen) atoms. The van der Waals surface area contributed by atoms with Crippen LogP contribution >= 0.6 is 0 Å². The van der Waals surface area contributed by atoms with Crippen molar-refractivity contribution >= 4 is 22.0 Å². The SMILES string of the molecule is CCOC(=O)CNC(=O)c1nc(Cc2ccc(-c3cccc(OC)c3)cc2)nc(OS(=O)(=O)C(F)(F)F)c1OCc1ccccc1. The van der Waals surface area contributed by atoms with Gasteiger partial charge in [-0.1, -0.05) is 66.7 Å². The van der Waals surface area contributed by atoms with Gasteiger partial charge >= 0.3 is 21.6 Å². The Labute approximate surface area is 262 Å². The van der Waals surface area contributed by atoms with Crippen molar-refractivity contribution in [2.24, 2.45) is 0 Å². The first-order valence-electron chi connectivity index (χ1n) is 13.7. The molecule has 1 aromatic heterocycles. The molecule has 3 aromatic carbocycles. The molecule has 0 unspecified atom stereocenters. The Balaban J connectivity index is 1.75. The molecule has 0 aliphatic heterocycles. The molecule has 1 heterocycles. The summed E-state index contributed by atoms with van der Waals surface area (Å²) in [6.07, 6.45) is -0.155. The number of aromatic nitrogens is 2. The third-order valence-electron chi connectivity index (χ3n) is 6.21. The third kappa shape index (κ3) is 8.72. The summed E-state index contributed by atoms with van der Waals surface area (Å²) in [6.45, 7) is 0.643. The predicted molar refractivity (Wildman–Crippen MR) is 159 cm³/mol. The number of amides is 1. The van der Waals surface area contributed by atoms with Gasteiger partial charge in [-0.15, -0.1) is 0 Å². The van der Waals surface area contributed by atoms with E-state index in [1.807, 2.05) is 18.2 Å². The molecular formula is C31H28F3N3O8S. The zero-order valence-electron chi connectivity index (χ0n) is 24.5. The van der Waals surface area contributed by atoms with E-state index in [9.17, 15) is 31.2 Å². The second-order valence-corrected chi connectivity index (χ2v) is 11.0. The Morgan fingerprint density at radius 1 is 0.891 bits per heavy atom. The van der Waals surface area contributed by atoms with Crippen LogP contribution in [0.3, 0.4) is 0 Å². The van der Waals surface area contributed by atoms with Crippen molar-refractivity contribution < 1.29 is 49.6 Å². The molecule has 0 atom stereocenters.